The van der Waals surface area contributed by atoms with Crippen LogP contribution >= 0.6 is 0 Å². The molecule has 0 bridgehead atoms. The number of fused-ring (bicyclic) bond motifs is 1. The second-order valence-electron chi connectivity index (χ2n) is 12.0. The highest BCUT2D eigenvalue weighted by molar-refractivity contribution is 5.56. The van der Waals surface area contributed by atoms with Crippen LogP contribution in [-0.4, -0.2) is 65.0 Å². The van der Waals surface area contributed by atoms with Gasteiger partial charge in [0.05, 0.1) is 43.2 Å². The summed E-state index contributed by atoms with van der Waals surface area (Å²) in [6.45, 7) is 2.28. The molecule has 2 N–H and O–H groups in total. The number of nitrogens with zero attached hydrogens (tertiary/aromatic N) is 4. The van der Waals surface area contributed by atoms with Crippen LogP contribution in [0.15, 0.2) is 23.3 Å². The molecule has 4 atom stereocenters. The van der Waals surface area contributed by atoms with E-state index in [1.807, 2.05) is 11.9 Å². The molecule has 0 radical (unpaired) electrons. The minimum Gasteiger partial charge on any atom is -0.378 e. The molecule has 0 amide bonds. The molecule has 0 aromatic carbocycles. The van der Waals surface area contributed by atoms with E-state index in [1.165, 1.54) is 35.9 Å². The van der Waals surface area contributed by atoms with Crippen LogP contribution < -0.4 is 16.5 Å². The Hall–Kier alpha value is -1.92. The second kappa shape index (κ2) is 10.2. The van der Waals surface area contributed by atoms with Gasteiger partial charge in [-0.2, -0.15) is 13.2 Å². The monoisotopic (exact) mass is 536 g/mol. The fourth-order valence-electron chi connectivity index (χ4n) is 7.13. The van der Waals surface area contributed by atoms with Gasteiger partial charge in [-0.15, -0.1) is 0 Å². The molecule has 0 spiro atoms. The number of likely N-dealkylation sites (N-methyl/N-ethyl adjacent to an activating group) is 1. The smallest absolute Gasteiger partial charge is 0.378 e. The van der Waals surface area contributed by atoms with E-state index in [1.54, 1.807) is 10.8 Å². The molecule has 2 aromatic heterocycles. The van der Waals surface area contributed by atoms with E-state index in [9.17, 15) is 18.0 Å². The van der Waals surface area contributed by atoms with Gasteiger partial charge in [0.2, 0.25) is 0 Å². The van der Waals surface area contributed by atoms with Crippen LogP contribution in [0.2, 0.25) is 0 Å². The van der Waals surface area contributed by atoms with Crippen molar-refractivity contribution in [3.8, 4) is 0 Å². The lowest BCUT2D eigenvalue weighted by atomic mass is 9.65. The number of ether oxygens (including phenoxy) is 1. The number of rotatable bonds is 7. The normalized spacial score (nSPS) is 28.6. The molecule has 3 unspecified atom stereocenters. The zero-order chi connectivity index (χ0) is 26.6. The fraction of sp³-hybridized carbons (Fsp3) is 0.741. The maximum absolute atomic E-state index is 14.2. The molecule has 38 heavy (non-hydrogen) atoms. The lowest BCUT2D eigenvalue weighted by molar-refractivity contribution is -0.136. The number of hydrogen-bond donors (Lipinski definition) is 2. The molecule has 2 saturated heterocycles. The number of alkyl halides is 3. The quantitative estimate of drug-likeness (QED) is 0.566. The summed E-state index contributed by atoms with van der Waals surface area (Å²) in [6, 6.07) is 1.30. The van der Waals surface area contributed by atoms with Crippen LogP contribution in [-0.2, 0) is 17.5 Å². The number of hydrogen-bond acceptors (Lipinski definition) is 6. The average molecular weight is 537 g/mol. The van der Waals surface area contributed by atoms with Crippen molar-refractivity contribution < 1.29 is 17.9 Å². The van der Waals surface area contributed by atoms with E-state index < -0.39 is 11.7 Å². The highest BCUT2D eigenvalue weighted by Crippen LogP contribution is 2.47. The Bertz CT molecular complexity index is 1200. The standard InChI is InChI=1S/C27H39F3N6O2/c1-33(21-14-38-15-21)11-17-9-22(27(28,29)30)23-13-35(26(37)36(23)12-17)20-8-4-7-19(10-20)24(18-5-3-6-18)25-32-31-16-34(25)2/h9,12-13,18-21,24-25,31-32H,3-8,10-11,14-16H2,1-2H3/t19?,20?,24-,25?/m1/s1. The third-order valence-electron chi connectivity index (χ3n) is 9.57. The van der Waals surface area contributed by atoms with Crippen molar-refractivity contribution in [3.63, 3.8) is 0 Å². The molecule has 8 nitrogen and oxygen atoms in total. The van der Waals surface area contributed by atoms with E-state index in [0.717, 1.165) is 32.4 Å². The van der Waals surface area contributed by atoms with Crippen molar-refractivity contribution in [1.82, 2.24) is 29.6 Å². The van der Waals surface area contributed by atoms with Gasteiger partial charge in [0.1, 0.15) is 0 Å². The van der Waals surface area contributed by atoms with E-state index in [4.69, 9.17) is 4.74 Å². The Kier molecular flexibility index (Phi) is 7.09. The predicted molar refractivity (Wildman–Crippen MR) is 137 cm³/mol. The van der Waals surface area contributed by atoms with Gasteiger partial charge in [0.25, 0.3) is 0 Å². The first kappa shape index (κ1) is 26.3. The summed E-state index contributed by atoms with van der Waals surface area (Å²) in [6.07, 6.45) is 6.19. The SMILES string of the molecule is CN(Cc1cc(C(F)(F)F)c2cn(C3CCCC([C@@H](C4CCC4)C4NNCN4C)C3)c(=O)n2c1)C1COC1. The first-order valence-corrected chi connectivity index (χ1v) is 14.0. The van der Waals surface area contributed by atoms with Crippen LogP contribution in [0.4, 0.5) is 13.2 Å². The van der Waals surface area contributed by atoms with Crippen LogP contribution in [0.3, 0.4) is 0 Å². The van der Waals surface area contributed by atoms with Crippen LogP contribution in [0.1, 0.15) is 62.1 Å². The highest BCUT2D eigenvalue weighted by atomic mass is 19.4. The summed E-state index contributed by atoms with van der Waals surface area (Å²) in [5, 5.41) is 0. The maximum Gasteiger partial charge on any atom is 0.418 e. The first-order valence-electron chi connectivity index (χ1n) is 14.0. The van der Waals surface area contributed by atoms with Gasteiger partial charge >= 0.3 is 11.9 Å². The van der Waals surface area contributed by atoms with Crippen molar-refractivity contribution in [2.75, 3.05) is 34.0 Å². The molecular formula is C27H39F3N6O2. The maximum atomic E-state index is 14.2. The number of hydrazine groups is 1. The Morgan fingerprint density at radius 2 is 1.87 bits per heavy atom. The minimum atomic E-state index is -4.55. The number of imidazole rings is 1. The number of halogens is 3. The fourth-order valence-corrected chi connectivity index (χ4v) is 7.13. The van der Waals surface area contributed by atoms with Gasteiger partial charge in [-0.05, 0) is 62.7 Å². The predicted octanol–water partition coefficient (Wildman–Crippen LogP) is 3.42. The molecule has 4 fully saturated rings. The Labute approximate surface area is 221 Å². The van der Waals surface area contributed by atoms with Gasteiger partial charge in [0, 0.05) is 25.0 Å². The second-order valence-corrected chi connectivity index (χ2v) is 12.0. The molecule has 2 aromatic rings. The zero-order valence-corrected chi connectivity index (χ0v) is 22.2. The molecule has 6 rings (SSSR count). The summed E-state index contributed by atoms with van der Waals surface area (Å²) in [4.78, 5) is 17.9. The van der Waals surface area contributed by atoms with E-state index >= 15 is 0 Å². The van der Waals surface area contributed by atoms with Crippen molar-refractivity contribution in [2.45, 2.75) is 75.9 Å². The number of aromatic nitrogens is 2. The Morgan fingerprint density at radius 3 is 2.47 bits per heavy atom. The van der Waals surface area contributed by atoms with Crippen LogP contribution in [0.25, 0.3) is 5.52 Å². The van der Waals surface area contributed by atoms with Crippen molar-refractivity contribution in [3.05, 3.63) is 40.1 Å². The molecule has 11 heteroatoms. The summed E-state index contributed by atoms with van der Waals surface area (Å²) in [7, 11) is 4.01. The molecule has 4 aliphatic rings. The molecular weight excluding hydrogens is 497 g/mol. The van der Waals surface area contributed by atoms with E-state index in [0.29, 0.717) is 43.1 Å². The summed E-state index contributed by atoms with van der Waals surface area (Å²) in [5.41, 5.74) is 6.05. The zero-order valence-electron chi connectivity index (χ0n) is 22.2. The summed E-state index contributed by atoms with van der Waals surface area (Å²) >= 11 is 0. The Morgan fingerprint density at radius 1 is 1.13 bits per heavy atom. The highest BCUT2D eigenvalue weighted by Gasteiger charge is 2.44. The van der Waals surface area contributed by atoms with Crippen LogP contribution in [0, 0.1) is 17.8 Å². The van der Waals surface area contributed by atoms with E-state index in [2.05, 4.69) is 22.8 Å². The van der Waals surface area contributed by atoms with Gasteiger partial charge in [-0.3, -0.25) is 18.8 Å². The molecule has 4 heterocycles. The lowest BCUT2D eigenvalue weighted by Crippen LogP contribution is -2.50. The molecule has 2 aliphatic carbocycles. The number of pyridine rings is 1. The number of nitrogens with one attached hydrogen (secondary N) is 2. The molecule has 210 valence electrons. The first-order chi connectivity index (χ1) is 18.2. The summed E-state index contributed by atoms with van der Waals surface area (Å²) in [5.74, 6) is 1.54. The average Bonchev–Trinajstić information content (AvgIpc) is 3.37. The third kappa shape index (κ3) is 4.81. The third-order valence-corrected chi connectivity index (χ3v) is 9.57. The van der Waals surface area contributed by atoms with Crippen molar-refractivity contribution in [1.29, 1.82) is 0 Å². The van der Waals surface area contributed by atoms with Gasteiger partial charge in [-0.1, -0.05) is 25.7 Å². The van der Waals surface area contributed by atoms with E-state index in [-0.39, 0.29) is 29.5 Å². The van der Waals surface area contributed by atoms with Crippen molar-refractivity contribution >= 4 is 5.52 Å². The molecule has 2 saturated carbocycles. The van der Waals surface area contributed by atoms with Gasteiger partial charge in [0.15, 0.2) is 0 Å². The topological polar surface area (TPSA) is 66.2 Å². The Balaban J connectivity index is 1.31. The minimum absolute atomic E-state index is 0.0556. The van der Waals surface area contributed by atoms with Crippen molar-refractivity contribution in [2.24, 2.45) is 17.8 Å². The van der Waals surface area contributed by atoms with Gasteiger partial charge < -0.3 is 4.74 Å². The lowest BCUT2D eigenvalue weighted by Gasteiger charge is -2.46. The van der Waals surface area contributed by atoms with Crippen LogP contribution in [0.5, 0.6) is 0 Å². The summed E-state index contributed by atoms with van der Waals surface area (Å²) < 4.78 is 50.6. The largest absolute Gasteiger partial charge is 0.418 e. The molecule has 2 aliphatic heterocycles. The van der Waals surface area contributed by atoms with Gasteiger partial charge in [-0.25, -0.2) is 15.6 Å².